The maximum Gasteiger partial charge on any atom is 0.317 e. The van der Waals surface area contributed by atoms with E-state index in [1.807, 2.05) is 6.92 Å². The van der Waals surface area contributed by atoms with Crippen LogP contribution in [0.4, 0.5) is 4.79 Å². The fourth-order valence-electron chi connectivity index (χ4n) is 3.53. The molecule has 0 aromatic rings. The molecule has 2 aliphatic rings. The number of likely N-dealkylation sites (tertiary alicyclic amines) is 1. The van der Waals surface area contributed by atoms with Crippen molar-refractivity contribution in [3.8, 4) is 0 Å². The average molecular weight is 296 g/mol. The molecule has 1 aliphatic carbocycles. The molecular weight excluding hydrogens is 268 g/mol. The van der Waals surface area contributed by atoms with Crippen molar-refractivity contribution in [2.75, 3.05) is 13.1 Å². The number of nitrogens with zero attached hydrogens (tertiary/aromatic N) is 1. The zero-order chi connectivity index (χ0) is 15.5. The summed E-state index contributed by atoms with van der Waals surface area (Å²) in [6.45, 7) is 5.29. The number of carboxylic acids is 1. The Balaban J connectivity index is 1.82. The van der Waals surface area contributed by atoms with Gasteiger partial charge in [0.05, 0.1) is 5.41 Å². The van der Waals surface area contributed by atoms with Gasteiger partial charge in [-0.05, 0) is 50.9 Å². The molecule has 0 bridgehead atoms. The number of carbonyl (C=O) groups is 2. The Bertz CT molecular complexity index is 381. The Kier molecular flexibility index (Phi) is 5.12. The van der Waals surface area contributed by atoms with Crippen LogP contribution in [-0.4, -0.2) is 41.1 Å². The van der Waals surface area contributed by atoms with E-state index in [0.29, 0.717) is 38.4 Å². The highest BCUT2D eigenvalue weighted by molar-refractivity contribution is 5.77. The van der Waals surface area contributed by atoms with Crippen molar-refractivity contribution in [1.29, 1.82) is 0 Å². The van der Waals surface area contributed by atoms with Crippen molar-refractivity contribution in [2.24, 2.45) is 11.3 Å². The molecule has 0 spiro atoms. The van der Waals surface area contributed by atoms with Crippen LogP contribution in [-0.2, 0) is 4.79 Å². The molecule has 1 heterocycles. The predicted molar refractivity (Wildman–Crippen MR) is 81.1 cm³/mol. The quantitative estimate of drug-likeness (QED) is 0.841. The third-order valence-corrected chi connectivity index (χ3v) is 5.48. The largest absolute Gasteiger partial charge is 0.481 e. The minimum Gasteiger partial charge on any atom is -0.481 e. The van der Waals surface area contributed by atoms with Crippen LogP contribution in [0.2, 0.25) is 0 Å². The summed E-state index contributed by atoms with van der Waals surface area (Å²) in [5, 5.41) is 12.5. The molecule has 1 aliphatic heterocycles. The molecule has 1 saturated carbocycles. The molecule has 21 heavy (non-hydrogen) atoms. The van der Waals surface area contributed by atoms with Crippen molar-refractivity contribution < 1.29 is 14.7 Å². The van der Waals surface area contributed by atoms with Crippen molar-refractivity contribution in [2.45, 2.75) is 64.8 Å². The monoisotopic (exact) mass is 296 g/mol. The zero-order valence-electron chi connectivity index (χ0n) is 13.2. The summed E-state index contributed by atoms with van der Waals surface area (Å²) in [6, 6.07) is 0.288. The number of hydrogen-bond donors (Lipinski definition) is 2. The maximum absolute atomic E-state index is 12.3. The van der Waals surface area contributed by atoms with Crippen LogP contribution in [0.5, 0.6) is 0 Å². The second-order valence-electron chi connectivity index (χ2n) is 6.83. The molecule has 2 fully saturated rings. The van der Waals surface area contributed by atoms with Gasteiger partial charge in [-0.15, -0.1) is 0 Å². The highest BCUT2D eigenvalue weighted by Gasteiger charge is 2.41. The van der Waals surface area contributed by atoms with Crippen LogP contribution in [0, 0.1) is 11.3 Å². The summed E-state index contributed by atoms with van der Waals surface area (Å²) >= 11 is 0. The van der Waals surface area contributed by atoms with Gasteiger partial charge < -0.3 is 15.3 Å². The summed E-state index contributed by atoms with van der Waals surface area (Å²) in [5.74, 6) is 0.0557. The second kappa shape index (κ2) is 6.67. The van der Waals surface area contributed by atoms with Crippen molar-refractivity contribution in [3.63, 3.8) is 0 Å². The molecule has 5 nitrogen and oxygen atoms in total. The van der Waals surface area contributed by atoms with Gasteiger partial charge in [0, 0.05) is 19.1 Å². The van der Waals surface area contributed by atoms with Gasteiger partial charge in [-0.1, -0.05) is 13.8 Å². The van der Waals surface area contributed by atoms with Crippen molar-refractivity contribution in [3.05, 3.63) is 0 Å². The zero-order valence-corrected chi connectivity index (χ0v) is 13.2. The van der Waals surface area contributed by atoms with Gasteiger partial charge in [0.2, 0.25) is 0 Å². The van der Waals surface area contributed by atoms with E-state index in [2.05, 4.69) is 12.2 Å². The fourth-order valence-corrected chi connectivity index (χ4v) is 3.53. The fraction of sp³-hybridized carbons (Fsp3) is 0.875. The predicted octanol–water partition coefficient (Wildman–Crippen LogP) is 2.85. The maximum atomic E-state index is 12.3. The number of amides is 2. The van der Waals surface area contributed by atoms with Crippen molar-refractivity contribution >= 4 is 12.0 Å². The number of urea groups is 1. The molecule has 1 saturated heterocycles. The molecule has 2 N–H and O–H groups in total. The van der Waals surface area contributed by atoms with Gasteiger partial charge in [-0.3, -0.25) is 4.79 Å². The smallest absolute Gasteiger partial charge is 0.317 e. The standard InChI is InChI=1S/C16H28N2O3/c1-3-16(14(19)20)8-10-18(11-9-16)15(21)17-13-6-4-12(2)5-7-13/h12-13H,3-11H2,1-2H3,(H,17,21)(H,19,20). The first-order valence-electron chi connectivity index (χ1n) is 8.25. The summed E-state index contributed by atoms with van der Waals surface area (Å²) < 4.78 is 0. The summed E-state index contributed by atoms with van der Waals surface area (Å²) in [4.78, 5) is 25.5. The highest BCUT2D eigenvalue weighted by Crippen LogP contribution is 2.35. The van der Waals surface area contributed by atoms with E-state index >= 15 is 0 Å². The van der Waals surface area contributed by atoms with Gasteiger partial charge in [0.15, 0.2) is 0 Å². The first-order chi connectivity index (χ1) is 9.97. The minimum absolute atomic E-state index is 0.00959. The molecule has 2 rings (SSSR count). The minimum atomic E-state index is -0.716. The molecule has 0 aromatic carbocycles. The SMILES string of the molecule is CCC1(C(=O)O)CCN(C(=O)NC2CCC(C)CC2)CC1. The van der Waals surface area contributed by atoms with E-state index in [1.165, 1.54) is 12.8 Å². The molecule has 120 valence electrons. The Morgan fingerprint density at radius 3 is 2.24 bits per heavy atom. The number of carboxylic acid groups (broad SMARTS) is 1. The number of piperidine rings is 1. The number of carbonyl (C=O) groups excluding carboxylic acids is 1. The second-order valence-corrected chi connectivity index (χ2v) is 6.83. The van der Waals surface area contributed by atoms with E-state index in [9.17, 15) is 14.7 Å². The van der Waals surface area contributed by atoms with E-state index in [-0.39, 0.29) is 6.03 Å². The first kappa shape index (κ1) is 16.1. The van der Waals surface area contributed by atoms with Crippen LogP contribution in [0.25, 0.3) is 0 Å². The lowest BCUT2D eigenvalue weighted by Gasteiger charge is -2.39. The van der Waals surface area contributed by atoms with Gasteiger partial charge in [-0.25, -0.2) is 4.79 Å². The van der Waals surface area contributed by atoms with Gasteiger partial charge in [0.25, 0.3) is 0 Å². The normalized spacial score (nSPS) is 29.0. The summed E-state index contributed by atoms with van der Waals surface area (Å²) in [6.07, 6.45) is 6.26. The van der Waals surface area contributed by atoms with Crippen LogP contribution >= 0.6 is 0 Å². The van der Waals surface area contributed by atoms with E-state index in [0.717, 1.165) is 18.8 Å². The number of aliphatic carboxylic acids is 1. The Hall–Kier alpha value is -1.26. The van der Waals surface area contributed by atoms with Crippen LogP contribution < -0.4 is 5.32 Å². The molecule has 0 aromatic heterocycles. The molecule has 2 amide bonds. The molecule has 5 heteroatoms. The first-order valence-corrected chi connectivity index (χ1v) is 8.25. The Labute approximate surface area is 127 Å². The summed E-state index contributed by atoms with van der Waals surface area (Å²) in [5.41, 5.74) is -0.628. The highest BCUT2D eigenvalue weighted by atomic mass is 16.4. The Morgan fingerprint density at radius 1 is 1.19 bits per heavy atom. The third-order valence-electron chi connectivity index (χ3n) is 5.48. The molecule has 0 unspecified atom stereocenters. The summed E-state index contributed by atoms with van der Waals surface area (Å²) in [7, 11) is 0. The lowest BCUT2D eigenvalue weighted by molar-refractivity contribution is -0.151. The van der Waals surface area contributed by atoms with Gasteiger partial charge in [-0.2, -0.15) is 0 Å². The van der Waals surface area contributed by atoms with Crippen LogP contribution in [0.15, 0.2) is 0 Å². The van der Waals surface area contributed by atoms with E-state index in [1.54, 1.807) is 4.90 Å². The van der Waals surface area contributed by atoms with E-state index in [4.69, 9.17) is 0 Å². The van der Waals surface area contributed by atoms with Gasteiger partial charge in [0.1, 0.15) is 0 Å². The van der Waals surface area contributed by atoms with Crippen LogP contribution in [0.1, 0.15) is 58.8 Å². The third kappa shape index (κ3) is 3.69. The van der Waals surface area contributed by atoms with E-state index < -0.39 is 11.4 Å². The van der Waals surface area contributed by atoms with Gasteiger partial charge >= 0.3 is 12.0 Å². The lowest BCUT2D eigenvalue weighted by atomic mass is 9.76. The lowest BCUT2D eigenvalue weighted by Crippen LogP contribution is -2.51. The van der Waals surface area contributed by atoms with Crippen LogP contribution in [0.3, 0.4) is 0 Å². The molecule has 0 atom stereocenters. The number of nitrogens with one attached hydrogen (secondary N) is 1. The molecular formula is C16H28N2O3. The average Bonchev–Trinajstić information content (AvgIpc) is 2.49. The topological polar surface area (TPSA) is 69.6 Å². The number of hydrogen-bond acceptors (Lipinski definition) is 2. The van der Waals surface area contributed by atoms with Crippen molar-refractivity contribution in [1.82, 2.24) is 10.2 Å². The number of rotatable bonds is 3. The molecule has 0 radical (unpaired) electrons. The Morgan fingerprint density at radius 2 is 1.76 bits per heavy atom.